The largest absolute Gasteiger partial charge is 0.504 e. The van der Waals surface area contributed by atoms with Crippen LogP contribution in [-0.2, 0) is 12.6 Å². The van der Waals surface area contributed by atoms with Gasteiger partial charge in [-0.15, -0.1) is 0 Å². The average molecular weight is 231 g/mol. The number of methoxy groups -OCH3 is 1. The van der Waals surface area contributed by atoms with Crippen molar-refractivity contribution in [2.24, 2.45) is 0 Å². The Labute approximate surface area is 89.7 Å². The maximum absolute atomic E-state index is 12.5. The van der Waals surface area contributed by atoms with Gasteiger partial charge >= 0.3 is 6.18 Å². The number of benzene rings is 1. The fraction of sp³-hybridized carbons (Fsp3) is 0.300. The van der Waals surface area contributed by atoms with Gasteiger partial charge in [0.2, 0.25) is 0 Å². The second-order valence-electron chi connectivity index (χ2n) is 2.99. The zero-order valence-corrected chi connectivity index (χ0v) is 8.30. The monoisotopic (exact) mass is 231 g/mol. The van der Waals surface area contributed by atoms with E-state index in [1.54, 1.807) is 6.07 Å². The Kier molecular flexibility index (Phi) is 3.28. The van der Waals surface area contributed by atoms with Crippen LogP contribution in [-0.4, -0.2) is 12.2 Å². The predicted octanol–water partition coefficient (Wildman–Crippen LogP) is 2.49. The topological polar surface area (TPSA) is 53.2 Å². The van der Waals surface area contributed by atoms with E-state index in [1.165, 1.54) is 0 Å². The number of phenolic OH excluding ortho intramolecular Hbond substituents is 1. The lowest BCUT2D eigenvalue weighted by Crippen LogP contribution is -2.08. The zero-order valence-electron chi connectivity index (χ0n) is 8.30. The number of hydrogen-bond acceptors (Lipinski definition) is 3. The number of ether oxygens (including phenoxy) is 1. The van der Waals surface area contributed by atoms with E-state index >= 15 is 0 Å². The molecule has 0 saturated heterocycles. The van der Waals surface area contributed by atoms with E-state index in [2.05, 4.69) is 4.74 Å². The molecule has 0 spiro atoms. The molecule has 16 heavy (non-hydrogen) atoms. The third-order valence-electron chi connectivity index (χ3n) is 1.99. The highest BCUT2D eigenvalue weighted by Crippen LogP contribution is 2.42. The molecule has 1 rings (SSSR count). The van der Waals surface area contributed by atoms with Gasteiger partial charge in [-0.25, -0.2) is 0 Å². The Hall–Kier alpha value is -1.90. The van der Waals surface area contributed by atoms with Crippen LogP contribution in [0.3, 0.4) is 0 Å². The zero-order chi connectivity index (χ0) is 12.3. The third-order valence-corrected chi connectivity index (χ3v) is 1.99. The summed E-state index contributed by atoms with van der Waals surface area (Å²) in [6.45, 7) is 0. The molecule has 0 amide bonds. The smallest absolute Gasteiger partial charge is 0.420 e. The molecule has 0 fully saturated rings. The quantitative estimate of drug-likeness (QED) is 0.850. The van der Waals surface area contributed by atoms with Crippen molar-refractivity contribution >= 4 is 0 Å². The Morgan fingerprint density at radius 1 is 1.44 bits per heavy atom. The number of nitrogens with zero attached hydrogens (tertiary/aromatic N) is 1. The lowest BCUT2D eigenvalue weighted by Gasteiger charge is -2.14. The molecule has 0 aliphatic heterocycles. The molecule has 3 nitrogen and oxygen atoms in total. The predicted molar refractivity (Wildman–Crippen MR) is 49.0 cm³/mol. The number of hydrogen-bond donors (Lipinski definition) is 1. The second-order valence-corrected chi connectivity index (χ2v) is 2.99. The molecule has 0 aliphatic rings. The molecule has 1 aromatic carbocycles. The van der Waals surface area contributed by atoms with E-state index in [0.717, 1.165) is 19.2 Å². The van der Waals surface area contributed by atoms with Gasteiger partial charge in [0.05, 0.1) is 19.6 Å². The normalized spacial score (nSPS) is 10.9. The number of nitriles is 1. The summed E-state index contributed by atoms with van der Waals surface area (Å²) in [7, 11) is 1.03. The molecule has 0 unspecified atom stereocenters. The molecule has 1 N–H and O–H groups in total. The fourth-order valence-electron chi connectivity index (χ4n) is 1.27. The summed E-state index contributed by atoms with van der Waals surface area (Å²) >= 11 is 0. The summed E-state index contributed by atoms with van der Waals surface area (Å²) < 4.78 is 41.9. The third kappa shape index (κ3) is 2.19. The number of halogens is 3. The summed E-state index contributed by atoms with van der Waals surface area (Å²) in [4.78, 5) is 0. The average Bonchev–Trinajstić information content (AvgIpc) is 2.19. The molecular weight excluding hydrogens is 223 g/mol. The maximum Gasteiger partial charge on any atom is 0.420 e. The van der Waals surface area contributed by atoms with Crippen LogP contribution in [0.2, 0.25) is 0 Å². The van der Waals surface area contributed by atoms with Crippen molar-refractivity contribution in [3.63, 3.8) is 0 Å². The first kappa shape index (κ1) is 12.2. The first-order valence-corrected chi connectivity index (χ1v) is 4.24. The Bertz CT molecular complexity index is 435. The number of aromatic hydroxyl groups is 1. The van der Waals surface area contributed by atoms with Crippen molar-refractivity contribution in [1.29, 1.82) is 5.26 Å². The van der Waals surface area contributed by atoms with Crippen LogP contribution in [0.1, 0.15) is 11.1 Å². The van der Waals surface area contributed by atoms with Crippen LogP contribution in [0.15, 0.2) is 12.1 Å². The molecular formula is C10H8F3NO2. The Morgan fingerprint density at radius 2 is 2.06 bits per heavy atom. The van der Waals surface area contributed by atoms with E-state index in [1.807, 2.05) is 0 Å². The first-order valence-electron chi connectivity index (χ1n) is 4.24. The van der Waals surface area contributed by atoms with Crippen molar-refractivity contribution in [1.82, 2.24) is 0 Å². The molecule has 0 aliphatic carbocycles. The molecule has 0 atom stereocenters. The van der Waals surface area contributed by atoms with E-state index in [9.17, 15) is 18.3 Å². The van der Waals surface area contributed by atoms with Gasteiger partial charge in [0.15, 0.2) is 11.5 Å². The summed E-state index contributed by atoms with van der Waals surface area (Å²) in [6.07, 6.45) is -4.78. The molecule has 0 saturated carbocycles. The van der Waals surface area contributed by atoms with Gasteiger partial charge in [-0.3, -0.25) is 0 Å². The van der Waals surface area contributed by atoms with Crippen LogP contribution in [0, 0.1) is 11.3 Å². The molecule has 6 heteroatoms. The van der Waals surface area contributed by atoms with E-state index in [0.29, 0.717) is 0 Å². The van der Waals surface area contributed by atoms with Crippen molar-refractivity contribution in [2.75, 3.05) is 7.11 Å². The highest BCUT2D eigenvalue weighted by Gasteiger charge is 2.36. The van der Waals surface area contributed by atoms with Crippen LogP contribution in [0.25, 0.3) is 0 Å². The van der Waals surface area contributed by atoms with Crippen molar-refractivity contribution in [3.05, 3.63) is 23.3 Å². The second kappa shape index (κ2) is 4.31. The van der Waals surface area contributed by atoms with Crippen LogP contribution in [0.4, 0.5) is 13.2 Å². The van der Waals surface area contributed by atoms with Crippen molar-refractivity contribution < 1.29 is 23.0 Å². The van der Waals surface area contributed by atoms with Crippen molar-refractivity contribution in [2.45, 2.75) is 12.6 Å². The Balaban J connectivity index is 3.36. The highest BCUT2D eigenvalue weighted by atomic mass is 19.4. The standard InChI is InChI=1S/C10H8F3NO2/c1-16-9-7(10(11,12)13)3-2-6(4-5-14)8(9)15/h2-3,15H,4H2,1H3. The van der Waals surface area contributed by atoms with Crippen LogP contribution in [0.5, 0.6) is 11.5 Å². The summed E-state index contributed by atoms with van der Waals surface area (Å²) in [6, 6.07) is 3.58. The molecule has 0 aromatic heterocycles. The van der Waals surface area contributed by atoms with Gasteiger partial charge in [-0.2, -0.15) is 18.4 Å². The fourth-order valence-corrected chi connectivity index (χ4v) is 1.27. The molecule has 1 aromatic rings. The first-order chi connectivity index (χ1) is 7.41. The van der Waals surface area contributed by atoms with E-state index in [-0.39, 0.29) is 12.0 Å². The van der Waals surface area contributed by atoms with E-state index in [4.69, 9.17) is 5.26 Å². The highest BCUT2D eigenvalue weighted by molar-refractivity contribution is 5.52. The number of rotatable bonds is 2. The van der Waals surface area contributed by atoms with Crippen LogP contribution < -0.4 is 4.74 Å². The molecule has 0 heterocycles. The van der Waals surface area contributed by atoms with Gasteiger partial charge < -0.3 is 9.84 Å². The van der Waals surface area contributed by atoms with Gasteiger partial charge in [0, 0.05) is 5.56 Å². The minimum atomic E-state index is -4.60. The molecule has 86 valence electrons. The summed E-state index contributed by atoms with van der Waals surface area (Å²) in [5.41, 5.74) is -0.957. The van der Waals surface area contributed by atoms with Crippen molar-refractivity contribution in [3.8, 4) is 17.6 Å². The lowest BCUT2D eigenvalue weighted by atomic mass is 10.1. The minimum Gasteiger partial charge on any atom is -0.504 e. The SMILES string of the molecule is COc1c(C(F)(F)F)ccc(CC#N)c1O. The van der Waals surface area contributed by atoms with Gasteiger partial charge in [0.25, 0.3) is 0 Å². The van der Waals surface area contributed by atoms with Crippen LogP contribution >= 0.6 is 0 Å². The van der Waals surface area contributed by atoms with Gasteiger partial charge in [-0.05, 0) is 6.07 Å². The summed E-state index contributed by atoms with van der Waals surface area (Å²) in [5, 5.41) is 17.9. The minimum absolute atomic E-state index is 0.104. The maximum atomic E-state index is 12.5. The molecule has 0 radical (unpaired) electrons. The number of phenols is 1. The van der Waals surface area contributed by atoms with Gasteiger partial charge in [0.1, 0.15) is 5.56 Å². The van der Waals surface area contributed by atoms with Gasteiger partial charge in [-0.1, -0.05) is 6.07 Å². The lowest BCUT2D eigenvalue weighted by molar-refractivity contribution is -0.138. The Morgan fingerprint density at radius 3 is 2.50 bits per heavy atom. The van der Waals surface area contributed by atoms with E-state index < -0.39 is 23.2 Å². The summed E-state index contributed by atoms with van der Waals surface area (Å²) in [5.74, 6) is -1.29. The molecule has 0 bridgehead atoms. The number of alkyl halides is 3.